The standard InChI is InChI=1S/C23H23N3O3S2/c1-13-7-8-14-17(12-24)21(31-19(14)11-13)25-20(27)18(9-10-30-2)26-22(28)15-5-3-4-6-16(15)23(26)29/h3-6,13,18H,7-11H2,1-2H3,(H,25,27)/t13-,18+/m1/s1. The molecular weight excluding hydrogens is 430 g/mol. The minimum atomic E-state index is -0.926. The SMILES string of the molecule is CSCC[C@@H](C(=O)Nc1sc2c(c1C#N)CC[C@@H](C)C2)N1C(=O)c2ccccc2C1=O. The van der Waals surface area contributed by atoms with Crippen molar-refractivity contribution in [1.29, 1.82) is 5.26 Å². The van der Waals surface area contributed by atoms with Crippen LogP contribution >= 0.6 is 23.1 Å². The fourth-order valence-corrected chi connectivity index (χ4v) is 6.07. The van der Waals surface area contributed by atoms with E-state index in [2.05, 4.69) is 18.3 Å². The Hall–Kier alpha value is -2.63. The molecule has 2 atom stereocenters. The second-order valence-electron chi connectivity index (χ2n) is 7.98. The van der Waals surface area contributed by atoms with Gasteiger partial charge in [0.1, 0.15) is 17.1 Å². The first-order chi connectivity index (χ1) is 15.0. The predicted molar refractivity (Wildman–Crippen MR) is 123 cm³/mol. The van der Waals surface area contributed by atoms with Gasteiger partial charge in [-0.15, -0.1) is 11.3 Å². The van der Waals surface area contributed by atoms with Crippen molar-refractivity contribution in [2.24, 2.45) is 5.92 Å². The van der Waals surface area contributed by atoms with Crippen LogP contribution in [0.4, 0.5) is 5.00 Å². The largest absolute Gasteiger partial charge is 0.315 e. The van der Waals surface area contributed by atoms with Crippen LogP contribution in [0.3, 0.4) is 0 Å². The van der Waals surface area contributed by atoms with Gasteiger partial charge in [-0.3, -0.25) is 19.3 Å². The number of nitrogens with zero attached hydrogens (tertiary/aromatic N) is 2. The number of amides is 3. The molecule has 0 unspecified atom stereocenters. The van der Waals surface area contributed by atoms with Gasteiger partial charge in [0.15, 0.2) is 0 Å². The summed E-state index contributed by atoms with van der Waals surface area (Å²) in [4.78, 5) is 41.5. The van der Waals surface area contributed by atoms with Gasteiger partial charge in [0.2, 0.25) is 5.91 Å². The molecule has 1 aromatic carbocycles. The summed E-state index contributed by atoms with van der Waals surface area (Å²) >= 11 is 2.99. The molecule has 31 heavy (non-hydrogen) atoms. The fraction of sp³-hybridized carbons (Fsp3) is 0.391. The van der Waals surface area contributed by atoms with Crippen LogP contribution in [0.25, 0.3) is 0 Å². The highest BCUT2D eigenvalue weighted by Crippen LogP contribution is 2.39. The third-order valence-electron chi connectivity index (χ3n) is 5.90. The van der Waals surface area contributed by atoms with E-state index in [9.17, 15) is 19.6 Å². The first kappa shape index (κ1) is 21.6. The molecule has 0 bridgehead atoms. The van der Waals surface area contributed by atoms with Crippen LogP contribution in [0.2, 0.25) is 0 Å². The summed E-state index contributed by atoms with van der Waals surface area (Å²) in [5.41, 5.74) is 2.20. The van der Waals surface area contributed by atoms with Crippen molar-refractivity contribution in [3.05, 3.63) is 51.4 Å². The maximum absolute atomic E-state index is 13.3. The van der Waals surface area contributed by atoms with Crippen LogP contribution in [-0.2, 0) is 17.6 Å². The molecule has 1 aromatic heterocycles. The van der Waals surface area contributed by atoms with Crippen LogP contribution in [0.15, 0.2) is 24.3 Å². The molecule has 0 spiro atoms. The van der Waals surface area contributed by atoms with E-state index in [1.165, 1.54) is 11.3 Å². The average molecular weight is 454 g/mol. The first-order valence-electron chi connectivity index (χ1n) is 10.3. The maximum atomic E-state index is 13.3. The average Bonchev–Trinajstić information content (AvgIpc) is 3.23. The fourth-order valence-electron chi connectivity index (χ4n) is 4.25. The molecule has 1 aliphatic carbocycles. The maximum Gasteiger partial charge on any atom is 0.262 e. The van der Waals surface area contributed by atoms with E-state index in [-0.39, 0.29) is 0 Å². The van der Waals surface area contributed by atoms with E-state index in [0.717, 1.165) is 34.6 Å². The summed E-state index contributed by atoms with van der Waals surface area (Å²) in [5, 5.41) is 13.1. The molecule has 0 saturated carbocycles. The van der Waals surface area contributed by atoms with Crippen LogP contribution in [0.5, 0.6) is 0 Å². The van der Waals surface area contributed by atoms with E-state index in [4.69, 9.17) is 0 Å². The Morgan fingerprint density at radius 2 is 2.00 bits per heavy atom. The zero-order valence-corrected chi connectivity index (χ0v) is 19.1. The van der Waals surface area contributed by atoms with Crippen molar-refractivity contribution in [3.8, 4) is 6.07 Å². The molecule has 6 nitrogen and oxygen atoms in total. The highest BCUT2D eigenvalue weighted by atomic mass is 32.2. The molecule has 8 heteroatoms. The minimum Gasteiger partial charge on any atom is -0.315 e. The molecule has 3 amide bonds. The van der Waals surface area contributed by atoms with Gasteiger partial charge in [0, 0.05) is 4.88 Å². The Labute approximate surface area is 189 Å². The molecule has 2 aliphatic rings. The van der Waals surface area contributed by atoms with Gasteiger partial charge in [-0.25, -0.2) is 0 Å². The Morgan fingerprint density at radius 3 is 2.61 bits per heavy atom. The Kier molecular flexibility index (Phi) is 6.17. The lowest BCUT2D eigenvalue weighted by molar-refractivity contribution is -0.120. The van der Waals surface area contributed by atoms with Gasteiger partial charge in [0.25, 0.3) is 11.8 Å². The monoisotopic (exact) mass is 453 g/mol. The van der Waals surface area contributed by atoms with E-state index in [1.54, 1.807) is 36.0 Å². The topological polar surface area (TPSA) is 90.3 Å². The summed E-state index contributed by atoms with van der Waals surface area (Å²) in [6.07, 6.45) is 5.03. The summed E-state index contributed by atoms with van der Waals surface area (Å²) in [7, 11) is 0. The van der Waals surface area contributed by atoms with E-state index in [0.29, 0.717) is 39.8 Å². The number of anilines is 1. The lowest BCUT2D eigenvalue weighted by Crippen LogP contribution is -2.47. The third kappa shape index (κ3) is 3.88. The smallest absolute Gasteiger partial charge is 0.262 e. The number of hydrogen-bond acceptors (Lipinski definition) is 6. The Morgan fingerprint density at radius 1 is 1.32 bits per heavy atom. The van der Waals surface area contributed by atoms with Crippen LogP contribution in [0, 0.1) is 17.2 Å². The van der Waals surface area contributed by atoms with Gasteiger partial charge < -0.3 is 5.32 Å². The normalized spacial score (nSPS) is 18.4. The number of benzene rings is 1. The molecule has 0 saturated heterocycles. The van der Waals surface area contributed by atoms with Gasteiger partial charge >= 0.3 is 0 Å². The molecule has 4 rings (SSSR count). The number of fused-ring (bicyclic) bond motifs is 2. The summed E-state index contributed by atoms with van der Waals surface area (Å²) in [6.45, 7) is 2.19. The number of thiophene rings is 1. The van der Waals surface area contributed by atoms with Crippen molar-refractivity contribution in [3.63, 3.8) is 0 Å². The van der Waals surface area contributed by atoms with Gasteiger partial charge in [-0.2, -0.15) is 17.0 Å². The van der Waals surface area contributed by atoms with Gasteiger partial charge in [-0.05, 0) is 61.3 Å². The Balaban J connectivity index is 1.63. The second-order valence-corrected chi connectivity index (χ2v) is 10.1. The molecule has 1 aliphatic heterocycles. The predicted octanol–water partition coefficient (Wildman–Crippen LogP) is 4.10. The molecule has 0 fully saturated rings. The molecule has 2 aromatic rings. The number of imide groups is 1. The zero-order chi connectivity index (χ0) is 22.1. The summed E-state index contributed by atoms with van der Waals surface area (Å²) in [6, 6.07) is 7.97. The van der Waals surface area contributed by atoms with Gasteiger partial charge in [-0.1, -0.05) is 19.1 Å². The number of thioether (sulfide) groups is 1. The number of carbonyl (C=O) groups is 3. The van der Waals surface area contributed by atoms with Crippen molar-refractivity contribution in [2.75, 3.05) is 17.3 Å². The van der Waals surface area contributed by atoms with Crippen molar-refractivity contribution >= 4 is 45.8 Å². The van der Waals surface area contributed by atoms with Crippen LogP contribution < -0.4 is 5.32 Å². The van der Waals surface area contributed by atoms with E-state index in [1.807, 2.05) is 6.26 Å². The van der Waals surface area contributed by atoms with Crippen LogP contribution in [-0.4, -0.2) is 40.7 Å². The minimum absolute atomic E-state index is 0.327. The number of hydrogen-bond donors (Lipinski definition) is 1. The van der Waals surface area contributed by atoms with Crippen molar-refractivity contribution in [1.82, 2.24) is 4.90 Å². The lowest BCUT2D eigenvalue weighted by Gasteiger charge is -2.25. The lowest BCUT2D eigenvalue weighted by atomic mass is 9.88. The molecular formula is C23H23N3O3S2. The van der Waals surface area contributed by atoms with Crippen molar-refractivity contribution in [2.45, 2.75) is 38.6 Å². The Bertz CT molecular complexity index is 1070. The molecule has 2 heterocycles. The highest BCUT2D eigenvalue weighted by Gasteiger charge is 2.42. The third-order valence-corrected chi connectivity index (χ3v) is 7.71. The quantitative estimate of drug-likeness (QED) is 0.665. The van der Waals surface area contributed by atoms with E-state index < -0.39 is 23.8 Å². The zero-order valence-electron chi connectivity index (χ0n) is 17.4. The summed E-state index contributed by atoms with van der Waals surface area (Å²) < 4.78 is 0. The molecule has 1 N–H and O–H groups in total. The first-order valence-corrected chi connectivity index (χ1v) is 12.5. The number of nitriles is 1. The molecule has 0 radical (unpaired) electrons. The van der Waals surface area contributed by atoms with Gasteiger partial charge in [0.05, 0.1) is 16.7 Å². The molecule has 160 valence electrons. The highest BCUT2D eigenvalue weighted by molar-refractivity contribution is 7.98. The second kappa shape index (κ2) is 8.85. The van der Waals surface area contributed by atoms with Crippen molar-refractivity contribution < 1.29 is 14.4 Å². The number of carbonyl (C=O) groups excluding carboxylic acids is 3. The summed E-state index contributed by atoms with van der Waals surface area (Å²) in [5.74, 6) is -0.140. The number of nitrogens with one attached hydrogen (secondary N) is 1. The number of rotatable bonds is 6. The van der Waals surface area contributed by atoms with E-state index >= 15 is 0 Å². The van der Waals surface area contributed by atoms with Crippen LogP contribution in [0.1, 0.15) is 56.5 Å².